The second kappa shape index (κ2) is 14.4. The van der Waals surface area contributed by atoms with Crippen LogP contribution in [0, 0.1) is 20.8 Å². The normalized spacial score (nSPS) is 17.3. The Morgan fingerprint density at radius 3 is 1.64 bits per heavy atom. The molecule has 8 rings (SSSR count). The fraction of sp³-hybridized carbons (Fsp3) is 0.275. The lowest BCUT2D eigenvalue weighted by atomic mass is 9.72. The first-order chi connectivity index (χ1) is 26.8. The van der Waals surface area contributed by atoms with Gasteiger partial charge in [0.05, 0.1) is 5.56 Å². The molecule has 0 amide bonds. The number of carbonyl (C=O) groups excluding carboxylic acids is 1. The van der Waals surface area contributed by atoms with Crippen molar-refractivity contribution in [2.75, 3.05) is 0 Å². The molecule has 0 saturated heterocycles. The lowest BCUT2D eigenvalue weighted by molar-refractivity contribution is 0.0472. The van der Waals surface area contributed by atoms with Crippen molar-refractivity contribution in [3.05, 3.63) is 183 Å². The first kappa shape index (κ1) is 37.1. The van der Waals surface area contributed by atoms with Crippen LogP contribution in [0.25, 0.3) is 0 Å². The van der Waals surface area contributed by atoms with Gasteiger partial charge in [-0.15, -0.1) is 0 Å². The molecule has 1 unspecified atom stereocenters. The minimum Gasteiger partial charge on any atom is -0.488 e. The molecule has 2 aliphatic carbocycles. The zero-order chi connectivity index (χ0) is 39.2. The third-order valence-electron chi connectivity index (χ3n) is 11.8. The van der Waals surface area contributed by atoms with E-state index in [-0.39, 0.29) is 28.8 Å². The lowest BCUT2D eigenvalue weighted by Gasteiger charge is -2.31. The zero-order valence-corrected chi connectivity index (χ0v) is 33.5. The van der Waals surface area contributed by atoms with Crippen LogP contribution in [0.5, 0.6) is 28.7 Å². The van der Waals surface area contributed by atoms with Crippen molar-refractivity contribution in [1.29, 1.82) is 0 Å². The topological polar surface area (TPSA) is 54.0 Å². The van der Waals surface area contributed by atoms with Crippen LogP contribution in [-0.4, -0.2) is 5.97 Å². The van der Waals surface area contributed by atoms with Crippen LogP contribution < -0.4 is 14.2 Å². The van der Waals surface area contributed by atoms with Crippen molar-refractivity contribution < 1.29 is 23.7 Å². The van der Waals surface area contributed by atoms with Gasteiger partial charge < -0.3 is 18.9 Å². The Morgan fingerprint density at radius 1 is 0.518 bits per heavy atom. The second-order valence-corrected chi connectivity index (χ2v) is 17.0. The zero-order valence-electron chi connectivity index (χ0n) is 33.5. The van der Waals surface area contributed by atoms with E-state index in [1.165, 1.54) is 22.3 Å². The average molecular weight is 743 g/mol. The van der Waals surface area contributed by atoms with Crippen molar-refractivity contribution in [3.63, 3.8) is 0 Å². The van der Waals surface area contributed by atoms with Crippen molar-refractivity contribution in [2.45, 2.75) is 90.8 Å². The molecule has 6 aromatic carbocycles. The Hall–Kier alpha value is -5.81. The van der Waals surface area contributed by atoms with E-state index in [2.05, 4.69) is 90.9 Å². The van der Waals surface area contributed by atoms with Crippen LogP contribution in [0.2, 0.25) is 0 Å². The molecule has 1 spiro atoms. The number of hydrogen-bond donors (Lipinski definition) is 0. The van der Waals surface area contributed by atoms with Crippen LogP contribution in [0.4, 0.5) is 0 Å². The molecule has 0 aromatic heterocycles. The Morgan fingerprint density at radius 2 is 1.02 bits per heavy atom. The molecule has 6 aromatic rings. The minimum atomic E-state index is -0.360. The number of ether oxygens (including phenoxy) is 4. The molecule has 0 radical (unpaired) electrons. The van der Waals surface area contributed by atoms with Gasteiger partial charge in [-0.1, -0.05) is 107 Å². The summed E-state index contributed by atoms with van der Waals surface area (Å²) >= 11 is 0. The first-order valence-electron chi connectivity index (χ1n) is 19.6. The lowest BCUT2D eigenvalue weighted by Crippen LogP contribution is -2.27. The number of hydrogen-bond acceptors (Lipinski definition) is 5. The summed E-state index contributed by atoms with van der Waals surface area (Å²) < 4.78 is 25.1. The highest BCUT2D eigenvalue weighted by Crippen LogP contribution is 2.64. The van der Waals surface area contributed by atoms with E-state index >= 15 is 0 Å². The highest BCUT2D eigenvalue weighted by Gasteiger charge is 2.56. The molecule has 0 aliphatic heterocycles. The Labute approximate surface area is 331 Å². The number of rotatable bonds is 10. The molecule has 2 aliphatic rings. The Bertz CT molecular complexity index is 2410. The van der Waals surface area contributed by atoms with Gasteiger partial charge in [0.15, 0.2) is 0 Å². The third kappa shape index (κ3) is 7.07. The predicted molar refractivity (Wildman–Crippen MR) is 223 cm³/mol. The van der Waals surface area contributed by atoms with Gasteiger partial charge >= 0.3 is 5.97 Å². The summed E-state index contributed by atoms with van der Waals surface area (Å²) in [5.74, 6) is 3.58. The maximum absolute atomic E-state index is 12.7. The van der Waals surface area contributed by atoms with Crippen LogP contribution >= 0.6 is 0 Å². The molecule has 5 nitrogen and oxygen atoms in total. The van der Waals surface area contributed by atoms with Gasteiger partial charge in [0.25, 0.3) is 0 Å². The number of fused-ring (bicyclic) bond motifs is 4. The summed E-state index contributed by atoms with van der Waals surface area (Å²) in [6.45, 7) is 16.6. The number of aryl methyl sites for hydroxylation is 3. The van der Waals surface area contributed by atoms with Gasteiger partial charge in [-0.3, -0.25) is 0 Å². The van der Waals surface area contributed by atoms with E-state index in [1.807, 2.05) is 72.8 Å². The summed E-state index contributed by atoms with van der Waals surface area (Å²) in [5, 5.41) is 0. The van der Waals surface area contributed by atoms with E-state index in [1.54, 1.807) is 12.1 Å². The van der Waals surface area contributed by atoms with Crippen LogP contribution in [0.3, 0.4) is 0 Å². The van der Waals surface area contributed by atoms with Gasteiger partial charge in [0.1, 0.15) is 42.0 Å². The molecule has 284 valence electrons. The summed E-state index contributed by atoms with van der Waals surface area (Å²) in [6.07, 6.45) is 2.00. The molecule has 0 bridgehead atoms. The molecule has 5 heteroatoms. The average Bonchev–Trinajstić information content (AvgIpc) is 3.53. The van der Waals surface area contributed by atoms with E-state index in [0.29, 0.717) is 17.9 Å². The van der Waals surface area contributed by atoms with E-state index < -0.39 is 0 Å². The molecule has 0 heterocycles. The second-order valence-electron chi connectivity index (χ2n) is 17.0. The highest BCUT2D eigenvalue weighted by atomic mass is 16.5. The van der Waals surface area contributed by atoms with Gasteiger partial charge in [0, 0.05) is 11.5 Å². The summed E-state index contributed by atoms with van der Waals surface area (Å²) in [6, 6.07) is 42.5. The van der Waals surface area contributed by atoms with Crippen molar-refractivity contribution >= 4 is 5.97 Å². The van der Waals surface area contributed by atoms with Gasteiger partial charge in [-0.25, -0.2) is 4.79 Å². The minimum absolute atomic E-state index is 0.0221. The molecule has 0 fully saturated rings. The van der Waals surface area contributed by atoms with E-state index in [9.17, 15) is 4.79 Å². The summed E-state index contributed by atoms with van der Waals surface area (Å²) in [7, 11) is 0. The molecule has 56 heavy (non-hydrogen) atoms. The molecule has 1 atom stereocenters. The maximum atomic E-state index is 12.7. The first-order valence-corrected chi connectivity index (χ1v) is 19.6. The third-order valence-corrected chi connectivity index (χ3v) is 11.8. The van der Waals surface area contributed by atoms with Crippen molar-refractivity contribution in [3.8, 4) is 28.7 Å². The van der Waals surface area contributed by atoms with Crippen LogP contribution in [0.15, 0.2) is 127 Å². The van der Waals surface area contributed by atoms with Crippen molar-refractivity contribution in [2.24, 2.45) is 0 Å². The fourth-order valence-corrected chi connectivity index (χ4v) is 9.05. The fourth-order valence-electron chi connectivity index (χ4n) is 9.05. The standard InChI is InChI=1S/C51H50O5/c1-33-18-21-40(26-45(33)53-29-36-14-10-8-11-15-36)56-47-28-44-41(24-34(47)2)49(4,5)31-51(44)32-50(6,7)42-27-46(35(3)25-43(42)51)55-39-22-19-38(20-23-39)48(52)54-30-37-16-12-9-13-17-37/h8-28H,29-32H2,1-7H3. The largest absolute Gasteiger partial charge is 0.488 e. The smallest absolute Gasteiger partial charge is 0.338 e. The summed E-state index contributed by atoms with van der Waals surface area (Å²) in [5.41, 5.74) is 11.0. The van der Waals surface area contributed by atoms with Gasteiger partial charge in [-0.05, 0) is 137 Å². The highest BCUT2D eigenvalue weighted by molar-refractivity contribution is 5.89. The van der Waals surface area contributed by atoms with Gasteiger partial charge in [0.2, 0.25) is 0 Å². The maximum Gasteiger partial charge on any atom is 0.338 e. The Balaban J connectivity index is 1.06. The van der Waals surface area contributed by atoms with E-state index in [0.717, 1.165) is 63.7 Å². The molecule has 0 saturated carbocycles. The number of carbonyl (C=O) groups is 1. The summed E-state index contributed by atoms with van der Waals surface area (Å²) in [4.78, 5) is 12.7. The molecule has 0 N–H and O–H groups in total. The van der Waals surface area contributed by atoms with Gasteiger partial charge in [-0.2, -0.15) is 0 Å². The quantitative estimate of drug-likeness (QED) is 0.131. The van der Waals surface area contributed by atoms with Crippen molar-refractivity contribution in [1.82, 2.24) is 0 Å². The van der Waals surface area contributed by atoms with E-state index in [4.69, 9.17) is 18.9 Å². The SMILES string of the molecule is Cc1ccc(Oc2cc3c(cc2C)C(C)(C)CC32CC(C)(C)c3cc(Oc4ccc(C(=O)OCc5ccccc5)cc4)c(C)cc32)cc1OCc1ccccc1. The predicted octanol–water partition coefficient (Wildman–Crippen LogP) is 12.8. The van der Waals surface area contributed by atoms with Crippen LogP contribution in [0.1, 0.15) is 101 Å². The molecular formula is C51H50O5. The number of esters is 1. The number of benzene rings is 6. The Kier molecular flexibility index (Phi) is 9.52. The molecular weight excluding hydrogens is 693 g/mol. The van der Waals surface area contributed by atoms with Crippen LogP contribution in [-0.2, 0) is 34.2 Å². The monoisotopic (exact) mass is 742 g/mol.